The molecule has 6 nitrogen and oxygen atoms in total. The molecule has 1 aliphatic heterocycles. The van der Waals surface area contributed by atoms with Gasteiger partial charge in [-0.3, -0.25) is 4.79 Å². The molecule has 0 spiro atoms. The largest absolute Gasteiger partial charge is 0.360 e. The molecule has 0 atom stereocenters. The van der Waals surface area contributed by atoms with Crippen LogP contribution in [0.5, 0.6) is 0 Å². The van der Waals surface area contributed by atoms with Gasteiger partial charge in [-0.1, -0.05) is 18.2 Å². The summed E-state index contributed by atoms with van der Waals surface area (Å²) in [5, 5.41) is 7.73. The van der Waals surface area contributed by atoms with E-state index in [1.807, 2.05) is 54.1 Å². The lowest BCUT2D eigenvalue weighted by Crippen LogP contribution is -3.14. The van der Waals surface area contributed by atoms with Crippen LogP contribution in [-0.4, -0.2) is 48.4 Å². The molecule has 4 rings (SSSR count). The highest BCUT2D eigenvalue weighted by molar-refractivity contribution is 5.91. The molecule has 3 aromatic rings. The molecule has 1 amide bonds. The zero-order valence-corrected chi connectivity index (χ0v) is 19.4. The number of hydrogen-bond acceptors (Lipinski definition) is 3. The van der Waals surface area contributed by atoms with Crippen LogP contribution >= 0.6 is 0 Å². The van der Waals surface area contributed by atoms with Gasteiger partial charge in [0.05, 0.1) is 44.1 Å². The number of nitrogens with one attached hydrogen (secondary N) is 2. The predicted molar refractivity (Wildman–Crippen MR) is 130 cm³/mol. The average Bonchev–Trinajstić information content (AvgIpc) is 3.12. The van der Waals surface area contributed by atoms with Crippen molar-refractivity contribution < 1.29 is 9.69 Å². The van der Waals surface area contributed by atoms with Crippen LogP contribution in [0.1, 0.15) is 30.3 Å². The number of para-hydroxylation sites is 1. The molecule has 1 saturated heterocycles. The lowest BCUT2D eigenvalue weighted by atomic mass is 10.1. The summed E-state index contributed by atoms with van der Waals surface area (Å²) in [5.74, 6) is 0.0316. The second-order valence-electron chi connectivity index (χ2n) is 8.58. The topological polar surface area (TPSA) is 54.6 Å². The van der Waals surface area contributed by atoms with Crippen LogP contribution in [0.15, 0.2) is 54.6 Å². The van der Waals surface area contributed by atoms with Crippen LogP contribution in [0.2, 0.25) is 0 Å². The molecule has 1 aliphatic rings. The Kier molecular flexibility index (Phi) is 6.90. The third kappa shape index (κ3) is 5.02. The molecule has 1 aromatic heterocycles. The molecule has 0 bridgehead atoms. The number of nitrogens with zero attached hydrogens (tertiary/aromatic N) is 3. The van der Waals surface area contributed by atoms with E-state index in [2.05, 4.69) is 41.3 Å². The molecular formula is C26H34N5O+. The van der Waals surface area contributed by atoms with E-state index in [0.29, 0.717) is 12.8 Å². The number of aromatic nitrogens is 2. The number of rotatable bonds is 7. The quantitative estimate of drug-likeness (QED) is 0.604. The maximum absolute atomic E-state index is 12.6. The normalized spacial score (nSPS) is 14.5. The van der Waals surface area contributed by atoms with Crippen LogP contribution in [-0.2, 0) is 11.2 Å². The second kappa shape index (κ2) is 10.0. The van der Waals surface area contributed by atoms with Gasteiger partial charge in [-0.05, 0) is 69.2 Å². The summed E-state index contributed by atoms with van der Waals surface area (Å²) in [6.07, 6.45) is 1.12. The third-order valence-corrected chi connectivity index (χ3v) is 6.53. The number of piperazine rings is 1. The zero-order chi connectivity index (χ0) is 22.5. The smallest absolute Gasteiger partial charge is 0.224 e. The minimum absolute atomic E-state index is 0.0316. The first kappa shape index (κ1) is 22.1. The number of anilines is 2. The van der Waals surface area contributed by atoms with E-state index in [9.17, 15) is 4.79 Å². The molecule has 0 saturated carbocycles. The summed E-state index contributed by atoms with van der Waals surface area (Å²) in [6, 6.07) is 18.4. The maximum atomic E-state index is 12.6. The van der Waals surface area contributed by atoms with Crippen molar-refractivity contribution in [1.82, 2.24) is 9.78 Å². The fraction of sp³-hybridized carbons (Fsp3) is 0.385. The molecule has 0 unspecified atom stereocenters. The third-order valence-electron chi connectivity index (χ3n) is 6.53. The number of quaternary nitrogens is 1. The van der Waals surface area contributed by atoms with Crippen molar-refractivity contribution >= 4 is 17.3 Å². The van der Waals surface area contributed by atoms with Gasteiger partial charge >= 0.3 is 0 Å². The number of carbonyl (C=O) groups excluding carboxylic acids is 1. The first-order chi connectivity index (χ1) is 15.5. The summed E-state index contributed by atoms with van der Waals surface area (Å²) in [7, 11) is 0. The van der Waals surface area contributed by atoms with Crippen molar-refractivity contribution in [3.63, 3.8) is 0 Å². The molecule has 32 heavy (non-hydrogen) atoms. The van der Waals surface area contributed by atoms with E-state index in [0.717, 1.165) is 41.4 Å². The summed E-state index contributed by atoms with van der Waals surface area (Å²) in [6.45, 7) is 12.1. The second-order valence-corrected chi connectivity index (χ2v) is 8.58. The fourth-order valence-electron chi connectivity index (χ4n) is 4.51. The molecule has 2 heterocycles. The van der Waals surface area contributed by atoms with Gasteiger partial charge in [-0.2, -0.15) is 5.10 Å². The first-order valence-electron chi connectivity index (χ1n) is 11.6. The highest BCUT2D eigenvalue weighted by Crippen LogP contribution is 2.21. The van der Waals surface area contributed by atoms with Crippen molar-refractivity contribution in [2.75, 3.05) is 42.9 Å². The summed E-state index contributed by atoms with van der Waals surface area (Å²) in [4.78, 5) is 16.7. The predicted octanol–water partition coefficient (Wildman–Crippen LogP) is 2.79. The SMILES string of the molecule is CC[NH+]1CCN(c2ccc(NC(=O)CCc3c(C)nn(-c4ccccc4)c3C)cc2)CC1. The van der Waals surface area contributed by atoms with E-state index >= 15 is 0 Å². The maximum Gasteiger partial charge on any atom is 0.224 e. The van der Waals surface area contributed by atoms with E-state index < -0.39 is 0 Å². The van der Waals surface area contributed by atoms with Crippen molar-refractivity contribution in [2.24, 2.45) is 0 Å². The summed E-state index contributed by atoms with van der Waals surface area (Å²) >= 11 is 0. The van der Waals surface area contributed by atoms with Gasteiger partial charge in [0.15, 0.2) is 0 Å². The minimum Gasteiger partial charge on any atom is -0.360 e. The molecule has 0 aliphatic carbocycles. The van der Waals surface area contributed by atoms with E-state index in [4.69, 9.17) is 0 Å². The van der Waals surface area contributed by atoms with Crippen molar-refractivity contribution in [2.45, 2.75) is 33.6 Å². The Morgan fingerprint density at radius 3 is 2.34 bits per heavy atom. The number of amides is 1. The highest BCUT2D eigenvalue weighted by Gasteiger charge is 2.19. The number of aryl methyl sites for hydroxylation is 1. The van der Waals surface area contributed by atoms with E-state index in [-0.39, 0.29) is 5.91 Å². The van der Waals surface area contributed by atoms with Crippen LogP contribution in [0.4, 0.5) is 11.4 Å². The first-order valence-corrected chi connectivity index (χ1v) is 11.6. The molecule has 168 valence electrons. The molecule has 1 fully saturated rings. The van der Waals surface area contributed by atoms with Gasteiger partial charge in [-0.25, -0.2) is 4.68 Å². The van der Waals surface area contributed by atoms with Gasteiger partial charge in [0.25, 0.3) is 0 Å². The Morgan fingerprint density at radius 1 is 1.00 bits per heavy atom. The summed E-state index contributed by atoms with van der Waals surface area (Å²) < 4.78 is 1.96. The minimum atomic E-state index is 0.0316. The lowest BCUT2D eigenvalue weighted by molar-refractivity contribution is -0.898. The van der Waals surface area contributed by atoms with Crippen molar-refractivity contribution in [3.05, 3.63) is 71.5 Å². The van der Waals surface area contributed by atoms with Gasteiger partial charge in [0.1, 0.15) is 0 Å². The Labute approximate surface area is 190 Å². The van der Waals surface area contributed by atoms with Crippen LogP contribution < -0.4 is 15.1 Å². The summed E-state index contributed by atoms with van der Waals surface area (Å²) in [5.41, 5.74) is 6.35. The average molecular weight is 433 g/mol. The Morgan fingerprint density at radius 2 is 1.69 bits per heavy atom. The van der Waals surface area contributed by atoms with Gasteiger partial charge in [0, 0.05) is 23.5 Å². The van der Waals surface area contributed by atoms with Gasteiger partial charge < -0.3 is 15.1 Å². The van der Waals surface area contributed by atoms with Gasteiger partial charge in [-0.15, -0.1) is 0 Å². The molecule has 6 heteroatoms. The number of benzene rings is 2. The molecule has 2 N–H and O–H groups in total. The van der Waals surface area contributed by atoms with Crippen LogP contribution in [0.25, 0.3) is 5.69 Å². The van der Waals surface area contributed by atoms with Crippen molar-refractivity contribution in [3.8, 4) is 5.69 Å². The monoisotopic (exact) mass is 432 g/mol. The van der Waals surface area contributed by atoms with Crippen molar-refractivity contribution in [1.29, 1.82) is 0 Å². The van der Waals surface area contributed by atoms with Crippen LogP contribution in [0.3, 0.4) is 0 Å². The highest BCUT2D eigenvalue weighted by atomic mass is 16.1. The zero-order valence-electron chi connectivity index (χ0n) is 19.4. The number of hydrogen-bond donors (Lipinski definition) is 2. The van der Waals surface area contributed by atoms with Crippen LogP contribution in [0, 0.1) is 13.8 Å². The number of likely N-dealkylation sites (N-methyl/N-ethyl adjacent to an activating group) is 1. The van der Waals surface area contributed by atoms with E-state index in [1.54, 1.807) is 4.90 Å². The standard InChI is InChI=1S/C26H33N5O/c1-4-29-16-18-30(19-17-29)23-12-10-22(11-13-23)27-26(32)15-14-25-20(2)28-31(21(25)3)24-8-6-5-7-9-24/h5-13H,4,14-19H2,1-3H3,(H,27,32)/p+1. The molecule has 0 radical (unpaired) electrons. The Balaban J connectivity index is 1.32. The van der Waals surface area contributed by atoms with Gasteiger partial charge in [0.2, 0.25) is 5.91 Å². The fourth-order valence-corrected chi connectivity index (χ4v) is 4.51. The van der Waals surface area contributed by atoms with E-state index in [1.165, 1.54) is 25.3 Å². The molecule has 2 aromatic carbocycles. The Hall–Kier alpha value is -3.12. The number of carbonyl (C=O) groups is 1. The lowest BCUT2D eigenvalue weighted by Gasteiger charge is -2.33. The molecular weight excluding hydrogens is 398 g/mol. The Bertz CT molecular complexity index is 1030.